The zero-order chi connectivity index (χ0) is 23.1. The van der Waals surface area contributed by atoms with E-state index < -0.39 is 11.2 Å². The largest absolute Gasteiger partial charge is 0.350 e. The van der Waals surface area contributed by atoms with Crippen LogP contribution in [0.25, 0.3) is 0 Å². The molecule has 0 spiro atoms. The molecule has 0 radical (unpaired) electrons. The van der Waals surface area contributed by atoms with Gasteiger partial charge in [0, 0.05) is 29.1 Å². The summed E-state index contributed by atoms with van der Waals surface area (Å²) >= 11 is 0. The van der Waals surface area contributed by atoms with Gasteiger partial charge in [-0.3, -0.25) is 14.6 Å². The Morgan fingerprint density at radius 2 is 1.53 bits per heavy atom. The minimum absolute atomic E-state index is 0.111. The van der Waals surface area contributed by atoms with Crippen LogP contribution >= 0.6 is 0 Å². The van der Waals surface area contributed by atoms with Gasteiger partial charge in [-0.25, -0.2) is 9.59 Å². The molecule has 32 heavy (non-hydrogen) atoms. The van der Waals surface area contributed by atoms with E-state index in [0.29, 0.717) is 22.6 Å². The number of rotatable bonds is 7. The number of urea groups is 1. The number of hydrogen-bond acceptors (Lipinski definition) is 4. The van der Waals surface area contributed by atoms with Crippen LogP contribution in [0.15, 0.2) is 64.2 Å². The summed E-state index contributed by atoms with van der Waals surface area (Å²) in [6.07, 6.45) is 0.329. The molecule has 0 saturated carbocycles. The molecule has 3 amide bonds. The first-order valence-electron chi connectivity index (χ1n) is 10.2. The highest BCUT2D eigenvalue weighted by atomic mass is 16.2. The van der Waals surface area contributed by atoms with Crippen molar-refractivity contribution in [2.45, 2.75) is 32.7 Å². The van der Waals surface area contributed by atoms with Crippen LogP contribution in [0.2, 0.25) is 0 Å². The summed E-state index contributed by atoms with van der Waals surface area (Å²) in [7, 11) is 0. The third kappa shape index (κ3) is 6.18. The van der Waals surface area contributed by atoms with E-state index in [2.05, 4.69) is 25.9 Å². The van der Waals surface area contributed by atoms with Crippen molar-refractivity contribution in [1.29, 1.82) is 0 Å². The molecular formula is C23H25N5O4. The van der Waals surface area contributed by atoms with Gasteiger partial charge < -0.3 is 20.9 Å². The number of carbonyl (C=O) groups is 2. The van der Waals surface area contributed by atoms with Gasteiger partial charge >= 0.3 is 11.7 Å². The normalized spacial score (nSPS) is 11.4. The van der Waals surface area contributed by atoms with Crippen molar-refractivity contribution in [2.75, 3.05) is 10.6 Å². The van der Waals surface area contributed by atoms with Crippen molar-refractivity contribution < 1.29 is 9.59 Å². The molecule has 9 nitrogen and oxygen atoms in total. The van der Waals surface area contributed by atoms with Gasteiger partial charge in [0.1, 0.15) is 0 Å². The van der Waals surface area contributed by atoms with Crippen LogP contribution in [-0.2, 0) is 11.2 Å². The quantitative estimate of drug-likeness (QED) is 0.390. The molecule has 0 aliphatic rings. The molecule has 1 unspecified atom stereocenters. The molecule has 5 N–H and O–H groups in total. The summed E-state index contributed by atoms with van der Waals surface area (Å²) in [5.41, 5.74) is 1.97. The predicted octanol–water partition coefficient (Wildman–Crippen LogP) is 2.83. The number of benzene rings is 2. The Morgan fingerprint density at radius 3 is 2.16 bits per heavy atom. The van der Waals surface area contributed by atoms with E-state index >= 15 is 0 Å². The lowest BCUT2D eigenvalue weighted by atomic mass is 10.1. The maximum Gasteiger partial charge on any atom is 0.325 e. The van der Waals surface area contributed by atoms with E-state index in [0.717, 1.165) is 5.56 Å². The summed E-state index contributed by atoms with van der Waals surface area (Å²) in [5.74, 6) is -0.216. The number of amides is 3. The van der Waals surface area contributed by atoms with E-state index in [1.165, 1.54) is 0 Å². The molecule has 9 heteroatoms. The average Bonchev–Trinajstić information content (AvgIpc) is 2.74. The summed E-state index contributed by atoms with van der Waals surface area (Å²) in [6.45, 7) is 3.47. The fourth-order valence-corrected chi connectivity index (χ4v) is 3.23. The Hall–Kier alpha value is -4.14. The second-order valence-electron chi connectivity index (χ2n) is 7.37. The highest BCUT2D eigenvalue weighted by Gasteiger charge is 2.13. The van der Waals surface area contributed by atoms with Crippen molar-refractivity contribution in [3.8, 4) is 0 Å². The lowest BCUT2D eigenvalue weighted by Crippen LogP contribution is -2.30. The maximum atomic E-state index is 12.3. The highest BCUT2D eigenvalue weighted by molar-refractivity contribution is 5.99. The Bertz CT molecular complexity index is 1200. The fourth-order valence-electron chi connectivity index (χ4n) is 3.23. The SMILES string of the molecule is Cc1[nH]c(=O)[nH]c(=O)c1CCC(=O)NC(C)c1ccc(NC(=O)Nc2ccccc2)cc1. The smallest absolute Gasteiger partial charge is 0.325 e. The zero-order valence-electron chi connectivity index (χ0n) is 17.8. The first-order valence-corrected chi connectivity index (χ1v) is 10.2. The molecule has 1 aromatic heterocycles. The molecule has 0 aliphatic carbocycles. The van der Waals surface area contributed by atoms with Crippen LogP contribution in [0.5, 0.6) is 0 Å². The number of hydrogen-bond donors (Lipinski definition) is 5. The fraction of sp³-hybridized carbons (Fsp3) is 0.217. The average molecular weight is 435 g/mol. The van der Waals surface area contributed by atoms with Gasteiger partial charge in [-0.1, -0.05) is 30.3 Å². The second kappa shape index (κ2) is 10.3. The van der Waals surface area contributed by atoms with Gasteiger partial charge in [-0.2, -0.15) is 0 Å². The number of aromatic amines is 2. The van der Waals surface area contributed by atoms with Crippen molar-refractivity contribution in [2.24, 2.45) is 0 Å². The molecule has 2 aromatic carbocycles. The minimum Gasteiger partial charge on any atom is -0.350 e. The van der Waals surface area contributed by atoms with Crippen LogP contribution in [0.1, 0.15) is 36.2 Å². The Balaban J connectivity index is 1.51. The minimum atomic E-state index is -0.565. The molecule has 3 rings (SSSR count). The number of H-pyrrole nitrogens is 2. The Morgan fingerprint density at radius 1 is 0.906 bits per heavy atom. The topological polar surface area (TPSA) is 136 Å². The molecule has 166 valence electrons. The summed E-state index contributed by atoms with van der Waals surface area (Å²) < 4.78 is 0. The van der Waals surface area contributed by atoms with Gasteiger partial charge in [0.25, 0.3) is 5.56 Å². The number of aromatic nitrogens is 2. The summed E-state index contributed by atoms with van der Waals surface area (Å²) in [6, 6.07) is 15.7. The van der Waals surface area contributed by atoms with Crippen LogP contribution in [0, 0.1) is 6.92 Å². The lowest BCUT2D eigenvalue weighted by molar-refractivity contribution is -0.121. The summed E-state index contributed by atoms with van der Waals surface area (Å²) in [5, 5.41) is 8.38. The molecule has 0 bridgehead atoms. The third-order valence-corrected chi connectivity index (χ3v) is 4.93. The number of nitrogens with one attached hydrogen (secondary N) is 5. The van der Waals surface area contributed by atoms with Gasteiger partial charge in [0.2, 0.25) is 5.91 Å². The van der Waals surface area contributed by atoms with E-state index in [4.69, 9.17) is 0 Å². The molecule has 0 fully saturated rings. The first kappa shape index (κ1) is 22.5. The summed E-state index contributed by atoms with van der Waals surface area (Å²) in [4.78, 5) is 52.2. The van der Waals surface area contributed by atoms with Crippen LogP contribution in [0.3, 0.4) is 0 Å². The van der Waals surface area contributed by atoms with Gasteiger partial charge in [0.15, 0.2) is 0 Å². The number of anilines is 2. The van der Waals surface area contributed by atoms with E-state index in [9.17, 15) is 19.2 Å². The number of aryl methyl sites for hydroxylation is 1. The van der Waals surface area contributed by atoms with Crippen molar-refractivity contribution in [1.82, 2.24) is 15.3 Å². The van der Waals surface area contributed by atoms with Gasteiger partial charge in [-0.05, 0) is 50.1 Å². The Kier molecular flexibility index (Phi) is 7.22. The number of para-hydroxylation sites is 1. The van der Waals surface area contributed by atoms with Crippen LogP contribution < -0.4 is 27.2 Å². The zero-order valence-corrected chi connectivity index (χ0v) is 17.8. The lowest BCUT2D eigenvalue weighted by Gasteiger charge is -2.15. The molecule has 3 aromatic rings. The van der Waals surface area contributed by atoms with E-state index in [1.807, 2.05) is 37.3 Å². The van der Waals surface area contributed by atoms with Gasteiger partial charge in [0.05, 0.1) is 6.04 Å². The van der Waals surface area contributed by atoms with Crippen molar-refractivity contribution in [3.05, 3.63) is 92.3 Å². The van der Waals surface area contributed by atoms with Crippen molar-refractivity contribution in [3.63, 3.8) is 0 Å². The van der Waals surface area contributed by atoms with Crippen molar-refractivity contribution >= 4 is 23.3 Å². The first-order chi connectivity index (χ1) is 15.3. The van der Waals surface area contributed by atoms with Crippen LogP contribution in [-0.4, -0.2) is 21.9 Å². The van der Waals surface area contributed by atoms with E-state index in [1.54, 1.807) is 31.2 Å². The third-order valence-electron chi connectivity index (χ3n) is 4.93. The van der Waals surface area contributed by atoms with Gasteiger partial charge in [-0.15, -0.1) is 0 Å². The highest BCUT2D eigenvalue weighted by Crippen LogP contribution is 2.17. The molecule has 1 heterocycles. The molecule has 1 atom stereocenters. The standard InChI is InChI=1S/C23H25N5O4/c1-14(24-20(29)13-12-19-15(2)25-22(31)28-21(19)30)16-8-10-18(11-9-16)27-23(32)26-17-6-4-3-5-7-17/h3-11,14H,12-13H2,1-2H3,(H,24,29)(H2,26,27,32)(H2,25,28,30,31). The van der Waals surface area contributed by atoms with E-state index in [-0.39, 0.29) is 30.8 Å². The Labute approximate surface area is 184 Å². The van der Waals surface area contributed by atoms with Crippen LogP contribution in [0.4, 0.5) is 16.2 Å². The monoisotopic (exact) mass is 435 g/mol. The second-order valence-corrected chi connectivity index (χ2v) is 7.37. The molecule has 0 saturated heterocycles. The molecular weight excluding hydrogens is 410 g/mol. The number of carbonyl (C=O) groups excluding carboxylic acids is 2. The predicted molar refractivity (Wildman–Crippen MR) is 123 cm³/mol. The molecule has 0 aliphatic heterocycles. The maximum absolute atomic E-state index is 12.3.